The second-order valence-electron chi connectivity index (χ2n) is 4.30. The molecule has 2 heterocycles. The molecule has 0 saturated carbocycles. The molecule has 0 spiro atoms. The second kappa shape index (κ2) is 5.15. The number of aryl methyl sites for hydroxylation is 1. The van der Waals surface area contributed by atoms with E-state index in [-0.39, 0.29) is 0 Å². The van der Waals surface area contributed by atoms with Crippen LogP contribution in [-0.2, 0) is 11.2 Å². The van der Waals surface area contributed by atoms with Gasteiger partial charge in [-0.05, 0) is 37.3 Å². The molecule has 1 unspecified atom stereocenters. The Balaban J connectivity index is 2.18. The molecular formula is C11H18ClN3O. The van der Waals surface area contributed by atoms with Gasteiger partial charge >= 0.3 is 0 Å². The van der Waals surface area contributed by atoms with Crippen LogP contribution in [0.4, 0.5) is 0 Å². The van der Waals surface area contributed by atoms with Crippen LogP contribution in [0.2, 0.25) is 5.28 Å². The molecule has 1 saturated heterocycles. The highest BCUT2D eigenvalue weighted by Crippen LogP contribution is 2.30. The minimum absolute atomic E-state index is 0.362. The molecule has 1 fully saturated rings. The quantitative estimate of drug-likeness (QED) is 0.819. The molecule has 1 aliphatic heterocycles. The Hall–Kier alpha value is -0.610. The maximum Gasteiger partial charge on any atom is 0.225 e. The lowest BCUT2D eigenvalue weighted by atomic mass is 9.92. The van der Waals surface area contributed by atoms with Gasteiger partial charge in [-0.2, -0.15) is 0 Å². The lowest BCUT2D eigenvalue weighted by molar-refractivity contribution is 0.0509. The fourth-order valence-corrected chi connectivity index (χ4v) is 2.64. The van der Waals surface area contributed by atoms with Crippen molar-refractivity contribution in [1.82, 2.24) is 14.8 Å². The van der Waals surface area contributed by atoms with Gasteiger partial charge in [0.25, 0.3) is 0 Å². The normalized spacial score (nSPS) is 19.9. The third kappa shape index (κ3) is 2.23. The van der Waals surface area contributed by atoms with Crippen LogP contribution >= 0.6 is 11.6 Å². The first-order chi connectivity index (χ1) is 7.74. The third-order valence-electron chi connectivity index (χ3n) is 3.40. The van der Waals surface area contributed by atoms with Crippen LogP contribution in [0.1, 0.15) is 38.6 Å². The van der Waals surface area contributed by atoms with E-state index in [1.54, 1.807) is 0 Å². The van der Waals surface area contributed by atoms with Crippen molar-refractivity contribution in [1.29, 1.82) is 0 Å². The largest absolute Gasteiger partial charge is 0.381 e. The standard InChI is InChI=1S/C11H18ClN3O/c1-3-10-13-14-11(12)15(10)8(2)9-4-6-16-7-5-9/h8-9H,3-7H2,1-2H3. The van der Waals surface area contributed by atoms with Crippen molar-refractivity contribution in [2.24, 2.45) is 5.92 Å². The van der Waals surface area contributed by atoms with E-state index >= 15 is 0 Å². The molecule has 0 N–H and O–H groups in total. The smallest absolute Gasteiger partial charge is 0.225 e. The predicted octanol–water partition coefficient (Wildman–Crippen LogP) is 2.48. The summed E-state index contributed by atoms with van der Waals surface area (Å²) in [5.41, 5.74) is 0. The van der Waals surface area contributed by atoms with Gasteiger partial charge in [0.15, 0.2) is 0 Å². The van der Waals surface area contributed by atoms with Gasteiger partial charge in [0.2, 0.25) is 5.28 Å². The van der Waals surface area contributed by atoms with Crippen LogP contribution in [0.3, 0.4) is 0 Å². The molecule has 1 atom stereocenters. The van der Waals surface area contributed by atoms with E-state index in [1.165, 1.54) is 0 Å². The molecule has 2 rings (SSSR count). The van der Waals surface area contributed by atoms with E-state index in [9.17, 15) is 0 Å². The van der Waals surface area contributed by atoms with Crippen molar-refractivity contribution in [2.75, 3.05) is 13.2 Å². The van der Waals surface area contributed by atoms with E-state index in [1.807, 2.05) is 0 Å². The summed E-state index contributed by atoms with van der Waals surface area (Å²) in [7, 11) is 0. The molecule has 0 radical (unpaired) electrons. The van der Waals surface area contributed by atoms with Gasteiger partial charge in [-0.3, -0.25) is 4.57 Å². The van der Waals surface area contributed by atoms with Crippen LogP contribution < -0.4 is 0 Å². The second-order valence-corrected chi connectivity index (χ2v) is 4.64. The first-order valence-electron chi connectivity index (χ1n) is 5.91. The van der Waals surface area contributed by atoms with Crippen LogP contribution in [0, 0.1) is 5.92 Å². The number of hydrogen-bond acceptors (Lipinski definition) is 3. The molecule has 0 aromatic carbocycles. The number of hydrogen-bond donors (Lipinski definition) is 0. The van der Waals surface area contributed by atoms with E-state index in [2.05, 4.69) is 28.6 Å². The van der Waals surface area contributed by atoms with Gasteiger partial charge in [0.05, 0.1) is 0 Å². The molecule has 4 nitrogen and oxygen atoms in total. The van der Waals surface area contributed by atoms with Gasteiger partial charge in [-0.15, -0.1) is 10.2 Å². The zero-order valence-corrected chi connectivity index (χ0v) is 10.6. The molecule has 5 heteroatoms. The Morgan fingerprint density at radius 2 is 2.12 bits per heavy atom. The summed E-state index contributed by atoms with van der Waals surface area (Å²) in [6, 6.07) is 0.362. The summed E-state index contributed by atoms with van der Waals surface area (Å²) < 4.78 is 7.45. The molecule has 0 bridgehead atoms. The number of aromatic nitrogens is 3. The lowest BCUT2D eigenvalue weighted by Gasteiger charge is -2.29. The molecule has 0 aliphatic carbocycles. The van der Waals surface area contributed by atoms with Crippen LogP contribution in [0.25, 0.3) is 0 Å². The zero-order valence-electron chi connectivity index (χ0n) is 9.82. The Bertz CT molecular complexity index is 347. The Morgan fingerprint density at radius 3 is 2.75 bits per heavy atom. The molecule has 90 valence electrons. The molecular weight excluding hydrogens is 226 g/mol. The molecule has 0 amide bonds. The fraction of sp³-hybridized carbons (Fsp3) is 0.818. The minimum atomic E-state index is 0.362. The number of nitrogens with zero attached hydrogens (tertiary/aromatic N) is 3. The first kappa shape index (κ1) is 11.9. The fourth-order valence-electron chi connectivity index (χ4n) is 2.36. The summed E-state index contributed by atoms with van der Waals surface area (Å²) in [6.45, 7) is 5.99. The van der Waals surface area contributed by atoms with Crippen molar-refractivity contribution in [2.45, 2.75) is 39.2 Å². The Labute approximate surface area is 101 Å². The third-order valence-corrected chi connectivity index (χ3v) is 3.65. The van der Waals surface area contributed by atoms with Crippen molar-refractivity contribution in [3.63, 3.8) is 0 Å². The van der Waals surface area contributed by atoms with Gasteiger partial charge in [-0.25, -0.2) is 0 Å². The van der Waals surface area contributed by atoms with Crippen molar-refractivity contribution >= 4 is 11.6 Å². The van der Waals surface area contributed by atoms with Gasteiger partial charge < -0.3 is 4.74 Å². The van der Waals surface area contributed by atoms with E-state index in [4.69, 9.17) is 16.3 Å². The van der Waals surface area contributed by atoms with Crippen LogP contribution in [0.5, 0.6) is 0 Å². The number of halogens is 1. The molecule has 16 heavy (non-hydrogen) atoms. The highest BCUT2D eigenvalue weighted by Gasteiger charge is 2.25. The van der Waals surface area contributed by atoms with Gasteiger partial charge in [0.1, 0.15) is 5.82 Å². The van der Waals surface area contributed by atoms with E-state index < -0.39 is 0 Å². The maximum atomic E-state index is 6.10. The lowest BCUT2D eigenvalue weighted by Crippen LogP contribution is -2.25. The molecule has 1 aromatic rings. The van der Waals surface area contributed by atoms with E-state index in [0.717, 1.165) is 38.3 Å². The summed E-state index contributed by atoms with van der Waals surface area (Å²) in [6.07, 6.45) is 3.06. The van der Waals surface area contributed by atoms with Crippen LogP contribution in [-0.4, -0.2) is 28.0 Å². The summed E-state index contributed by atoms with van der Waals surface area (Å²) >= 11 is 6.10. The van der Waals surface area contributed by atoms with E-state index in [0.29, 0.717) is 17.2 Å². The predicted molar refractivity (Wildman–Crippen MR) is 62.7 cm³/mol. The monoisotopic (exact) mass is 243 g/mol. The average Bonchev–Trinajstić information content (AvgIpc) is 2.70. The summed E-state index contributed by atoms with van der Waals surface area (Å²) in [4.78, 5) is 0. The SMILES string of the molecule is CCc1nnc(Cl)n1C(C)C1CCOCC1. The molecule has 1 aromatic heterocycles. The van der Waals surface area contributed by atoms with Crippen molar-refractivity contribution in [3.8, 4) is 0 Å². The Morgan fingerprint density at radius 1 is 1.44 bits per heavy atom. The highest BCUT2D eigenvalue weighted by atomic mass is 35.5. The maximum absolute atomic E-state index is 6.10. The molecule has 1 aliphatic rings. The first-order valence-corrected chi connectivity index (χ1v) is 6.28. The highest BCUT2D eigenvalue weighted by molar-refractivity contribution is 6.28. The summed E-state index contributed by atoms with van der Waals surface area (Å²) in [5.74, 6) is 1.59. The number of ether oxygens (including phenoxy) is 1. The average molecular weight is 244 g/mol. The van der Waals surface area contributed by atoms with Crippen molar-refractivity contribution < 1.29 is 4.74 Å². The van der Waals surface area contributed by atoms with Crippen LogP contribution in [0.15, 0.2) is 0 Å². The topological polar surface area (TPSA) is 39.9 Å². The minimum Gasteiger partial charge on any atom is -0.381 e. The Kier molecular flexibility index (Phi) is 3.82. The van der Waals surface area contributed by atoms with Gasteiger partial charge in [-0.1, -0.05) is 6.92 Å². The zero-order chi connectivity index (χ0) is 11.5. The number of rotatable bonds is 3. The van der Waals surface area contributed by atoms with Gasteiger partial charge in [0, 0.05) is 25.7 Å². The summed E-state index contributed by atoms with van der Waals surface area (Å²) in [5, 5.41) is 8.56. The van der Waals surface area contributed by atoms with Crippen molar-refractivity contribution in [3.05, 3.63) is 11.1 Å².